The van der Waals surface area contributed by atoms with E-state index in [0.29, 0.717) is 0 Å². The lowest BCUT2D eigenvalue weighted by molar-refractivity contribution is -0.122. The van der Waals surface area contributed by atoms with Gasteiger partial charge >= 0.3 is 0 Å². The second kappa shape index (κ2) is 11.8. The van der Waals surface area contributed by atoms with E-state index in [4.69, 9.17) is 5.73 Å². The Labute approximate surface area is 127 Å². The van der Waals surface area contributed by atoms with Crippen LogP contribution in [0.15, 0.2) is 0 Å². The molecule has 1 amide bonds. The zero-order valence-corrected chi connectivity index (χ0v) is 13.5. The summed E-state index contributed by atoms with van der Waals surface area (Å²) in [5, 5.41) is 2.93. The van der Waals surface area contributed by atoms with E-state index >= 15 is 0 Å². The van der Waals surface area contributed by atoms with Crippen LogP contribution in [0, 0.1) is 0 Å². The van der Waals surface area contributed by atoms with Crippen LogP contribution < -0.4 is 11.1 Å². The van der Waals surface area contributed by atoms with Crippen LogP contribution in [0.25, 0.3) is 0 Å². The summed E-state index contributed by atoms with van der Waals surface area (Å²) in [4.78, 5) is 14.1. The molecule has 0 radical (unpaired) electrons. The third kappa shape index (κ3) is 8.74. The number of carbonyl (C=O) groups excluding carboxylic acids is 1. The van der Waals surface area contributed by atoms with Gasteiger partial charge in [0, 0.05) is 6.54 Å². The largest absolute Gasteiger partial charge is 0.355 e. The highest BCUT2D eigenvalue weighted by Gasteiger charge is 2.12. The molecule has 1 saturated heterocycles. The van der Waals surface area contributed by atoms with Gasteiger partial charge in [-0.1, -0.05) is 6.42 Å². The lowest BCUT2D eigenvalue weighted by Crippen LogP contribution is -2.42. The lowest BCUT2D eigenvalue weighted by atomic mass is 10.1. The number of hydrogen-bond acceptors (Lipinski definition) is 4. The molecule has 0 saturated carbocycles. The second-order valence-electron chi connectivity index (χ2n) is 4.93. The number of rotatable bonds is 8. The molecule has 1 fully saturated rings. The van der Waals surface area contributed by atoms with Gasteiger partial charge in [-0.25, -0.2) is 0 Å². The van der Waals surface area contributed by atoms with Crippen molar-refractivity contribution in [1.29, 1.82) is 0 Å². The van der Waals surface area contributed by atoms with Crippen molar-refractivity contribution in [2.45, 2.75) is 38.1 Å². The van der Waals surface area contributed by atoms with E-state index in [1.54, 1.807) is 11.8 Å². The maximum atomic E-state index is 11.6. The summed E-state index contributed by atoms with van der Waals surface area (Å²) in [5.41, 5.74) is 5.79. The standard InChI is InChI=1S/C13H27N3OS.ClH/c1-18-11-6-12(14)13(17)15-7-5-10-16-8-3-2-4-9-16;/h12H,2-11,14H2,1H3,(H,15,17);1H/t12-;/m0./s1. The minimum absolute atomic E-state index is 0. The smallest absolute Gasteiger partial charge is 0.236 e. The van der Waals surface area contributed by atoms with Crippen LogP contribution in [-0.4, -0.2) is 55.0 Å². The van der Waals surface area contributed by atoms with E-state index in [0.717, 1.165) is 31.7 Å². The molecule has 3 N–H and O–H groups in total. The lowest BCUT2D eigenvalue weighted by Gasteiger charge is -2.26. The quantitative estimate of drug-likeness (QED) is 0.667. The molecule has 0 unspecified atom stereocenters. The molecule has 0 spiro atoms. The fourth-order valence-electron chi connectivity index (χ4n) is 2.20. The van der Waals surface area contributed by atoms with Crippen LogP contribution in [0.4, 0.5) is 0 Å². The Morgan fingerprint density at radius 1 is 1.37 bits per heavy atom. The molecule has 4 nitrogen and oxygen atoms in total. The summed E-state index contributed by atoms with van der Waals surface area (Å²) in [6, 6.07) is -0.340. The number of hydrogen-bond donors (Lipinski definition) is 2. The average molecular weight is 310 g/mol. The SMILES string of the molecule is CSCC[C@H](N)C(=O)NCCCN1CCCCC1.Cl. The van der Waals surface area contributed by atoms with Gasteiger partial charge in [0.15, 0.2) is 0 Å². The molecule has 6 heteroatoms. The summed E-state index contributed by atoms with van der Waals surface area (Å²) in [6.45, 7) is 4.30. The highest BCUT2D eigenvalue weighted by Crippen LogP contribution is 2.08. The van der Waals surface area contributed by atoms with Crippen molar-refractivity contribution in [3.63, 3.8) is 0 Å². The summed E-state index contributed by atoms with van der Waals surface area (Å²) in [5.74, 6) is 0.949. The van der Waals surface area contributed by atoms with E-state index in [1.807, 2.05) is 6.26 Å². The van der Waals surface area contributed by atoms with E-state index in [2.05, 4.69) is 10.2 Å². The Hall–Kier alpha value is 0.0300. The van der Waals surface area contributed by atoms with Crippen molar-refractivity contribution in [1.82, 2.24) is 10.2 Å². The Kier molecular flexibility index (Phi) is 11.8. The summed E-state index contributed by atoms with van der Waals surface area (Å²) >= 11 is 1.73. The fourth-order valence-corrected chi connectivity index (χ4v) is 2.69. The number of amides is 1. The van der Waals surface area contributed by atoms with Gasteiger partial charge in [0.1, 0.15) is 0 Å². The predicted octanol–water partition coefficient (Wildman–Crippen LogP) is 1.48. The Morgan fingerprint density at radius 2 is 2.05 bits per heavy atom. The second-order valence-corrected chi connectivity index (χ2v) is 5.92. The number of nitrogens with two attached hydrogens (primary N) is 1. The van der Waals surface area contributed by atoms with Crippen molar-refractivity contribution in [3.05, 3.63) is 0 Å². The predicted molar refractivity (Wildman–Crippen MR) is 86.1 cm³/mol. The first kappa shape index (κ1) is 19.0. The van der Waals surface area contributed by atoms with Crippen molar-refractivity contribution in [2.24, 2.45) is 5.73 Å². The molecular formula is C13H28ClN3OS. The highest BCUT2D eigenvalue weighted by atomic mass is 35.5. The first-order chi connectivity index (χ1) is 8.74. The molecule has 0 aromatic rings. The number of halogens is 1. The Bertz CT molecular complexity index is 238. The maximum absolute atomic E-state index is 11.6. The van der Waals surface area contributed by atoms with E-state index in [-0.39, 0.29) is 24.4 Å². The monoisotopic (exact) mass is 309 g/mol. The van der Waals surface area contributed by atoms with Crippen LogP contribution in [0.3, 0.4) is 0 Å². The average Bonchev–Trinajstić information content (AvgIpc) is 2.41. The molecule has 1 heterocycles. The first-order valence-electron chi connectivity index (χ1n) is 6.98. The number of nitrogens with zero attached hydrogens (tertiary/aromatic N) is 1. The molecule has 1 aliphatic heterocycles. The minimum atomic E-state index is -0.340. The number of piperidine rings is 1. The van der Waals surface area contributed by atoms with Gasteiger partial charge in [-0.05, 0) is 57.3 Å². The number of thioether (sulfide) groups is 1. The maximum Gasteiger partial charge on any atom is 0.236 e. The topological polar surface area (TPSA) is 58.4 Å². The zero-order chi connectivity index (χ0) is 13.2. The summed E-state index contributed by atoms with van der Waals surface area (Å²) in [7, 11) is 0. The van der Waals surface area contributed by atoms with Crippen LogP contribution >= 0.6 is 24.2 Å². The van der Waals surface area contributed by atoms with Crippen LogP contribution in [0.1, 0.15) is 32.1 Å². The van der Waals surface area contributed by atoms with E-state index in [1.165, 1.54) is 32.4 Å². The zero-order valence-electron chi connectivity index (χ0n) is 11.9. The molecule has 0 bridgehead atoms. The Morgan fingerprint density at radius 3 is 2.68 bits per heavy atom. The van der Waals surface area contributed by atoms with Gasteiger partial charge in [0.05, 0.1) is 6.04 Å². The fraction of sp³-hybridized carbons (Fsp3) is 0.923. The summed E-state index contributed by atoms with van der Waals surface area (Å²) < 4.78 is 0. The van der Waals surface area contributed by atoms with Gasteiger partial charge in [0.25, 0.3) is 0 Å². The van der Waals surface area contributed by atoms with Crippen LogP contribution in [-0.2, 0) is 4.79 Å². The van der Waals surface area contributed by atoms with Crippen molar-refractivity contribution in [3.8, 4) is 0 Å². The van der Waals surface area contributed by atoms with Gasteiger partial charge < -0.3 is 16.0 Å². The van der Waals surface area contributed by atoms with Crippen molar-refractivity contribution >= 4 is 30.1 Å². The molecule has 0 aliphatic carbocycles. The molecule has 1 aliphatic rings. The number of nitrogens with one attached hydrogen (secondary N) is 1. The molecule has 1 atom stereocenters. The third-order valence-corrected chi connectivity index (χ3v) is 4.01. The van der Waals surface area contributed by atoms with Crippen LogP contribution in [0.2, 0.25) is 0 Å². The van der Waals surface area contributed by atoms with Crippen molar-refractivity contribution < 1.29 is 4.79 Å². The summed E-state index contributed by atoms with van der Waals surface area (Å²) in [6.07, 6.45) is 7.85. The molecule has 0 aromatic carbocycles. The number of likely N-dealkylation sites (tertiary alicyclic amines) is 1. The normalized spacial score (nSPS) is 17.6. The van der Waals surface area contributed by atoms with Gasteiger partial charge in [-0.3, -0.25) is 4.79 Å². The van der Waals surface area contributed by atoms with Gasteiger partial charge in [0.2, 0.25) is 5.91 Å². The molecule has 0 aromatic heterocycles. The van der Waals surface area contributed by atoms with Gasteiger partial charge in [-0.15, -0.1) is 12.4 Å². The van der Waals surface area contributed by atoms with E-state index < -0.39 is 0 Å². The molecule has 114 valence electrons. The molecular weight excluding hydrogens is 282 g/mol. The van der Waals surface area contributed by atoms with Crippen molar-refractivity contribution in [2.75, 3.05) is 38.2 Å². The van der Waals surface area contributed by atoms with E-state index in [9.17, 15) is 4.79 Å². The Balaban J connectivity index is 0.00000324. The minimum Gasteiger partial charge on any atom is -0.355 e. The first-order valence-corrected chi connectivity index (χ1v) is 8.38. The molecule has 19 heavy (non-hydrogen) atoms. The molecule has 1 rings (SSSR count). The third-order valence-electron chi connectivity index (χ3n) is 3.37. The highest BCUT2D eigenvalue weighted by molar-refractivity contribution is 7.98. The van der Waals surface area contributed by atoms with Crippen LogP contribution in [0.5, 0.6) is 0 Å². The number of carbonyl (C=O) groups is 1. The van der Waals surface area contributed by atoms with Gasteiger partial charge in [-0.2, -0.15) is 11.8 Å².